The Morgan fingerprint density at radius 1 is 1.37 bits per heavy atom. The van der Waals surface area contributed by atoms with Crippen molar-refractivity contribution >= 4 is 28.8 Å². The molecule has 0 aliphatic rings. The number of hydrogen-bond acceptors (Lipinski definition) is 4. The summed E-state index contributed by atoms with van der Waals surface area (Å²) in [6.07, 6.45) is -4.46. The molecule has 8 heteroatoms. The molecule has 4 nitrogen and oxygen atoms in total. The maximum Gasteiger partial charge on any atom is 0.416 e. The lowest BCUT2D eigenvalue weighted by Crippen LogP contribution is -2.14. The van der Waals surface area contributed by atoms with Crippen molar-refractivity contribution in [2.45, 2.75) is 6.18 Å². The summed E-state index contributed by atoms with van der Waals surface area (Å²) in [6.45, 7) is 0. The minimum absolute atomic E-state index is 0.00223. The number of carbonyl (C=O) groups is 1. The van der Waals surface area contributed by atoms with Crippen molar-refractivity contribution in [1.29, 1.82) is 0 Å². The molecule has 0 fully saturated rings. The van der Waals surface area contributed by atoms with Gasteiger partial charge in [0.1, 0.15) is 0 Å². The number of amides is 1. The van der Waals surface area contributed by atoms with Gasteiger partial charge in [0, 0.05) is 11.1 Å². The number of nitrogens with one attached hydrogen (secondary N) is 1. The van der Waals surface area contributed by atoms with Gasteiger partial charge < -0.3 is 11.1 Å². The Morgan fingerprint density at radius 3 is 2.68 bits per heavy atom. The van der Waals surface area contributed by atoms with Crippen LogP contribution in [0.25, 0.3) is 0 Å². The second-order valence-electron chi connectivity index (χ2n) is 3.65. The molecule has 2 rings (SSSR count). The number of carbonyl (C=O) groups excluding carboxylic acids is 1. The first-order valence-corrected chi connectivity index (χ1v) is 5.90. The highest BCUT2D eigenvalue weighted by Gasteiger charge is 2.30. The SMILES string of the molecule is Nc1csnc1C(=O)Nc1cccc(C(F)(F)F)c1. The summed E-state index contributed by atoms with van der Waals surface area (Å²) in [5.41, 5.74) is 4.89. The van der Waals surface area contributed by atoms with E-state index in [0.717, 1.165) is 23.7 Å². The molecule has 1 aromatic heterocycles. The fourth-order valence-electron chi connectivity index (χ4n) is 1.38. The number of benzene rings is 1. The monoisotopic (exact) mass is 287 g/mol. The molecule has 0 bridgehead atoms. The summed E-state index contributed by atoms with van der Waals surface area (Å²) in [5, 5.41) is 3.80. The largest absolute Gasteiger partial charge is 0.416 e. The van der Waals surface area contributed by atoms with Gasteiger partial charge in [-0.15, -0.1) is 0 Å². The fourth-order valence-corrected chi connectivity index (χ4v) is 1.95. The molecule has 0 saturated carbocycles. The van der Waals surface area contributed by atoms with E-state index >= 15 is 0 Å². The Balaban J connectivity index is 2.21. The molecule has 0 aliphatic carbocycles. The lowest BCUT2D eigenvalue weighted by Gasteiger charge is -2.09. The van der Waals surface area contributed by atoms with Crippen LogP contribution in [0.4, 0.5) is 24.5 Å². The number of aromatic nitrogens is 1. The average Bonchev–Trinajstić information content (AvgIpc) is 2.75. The topological polar surface area (TPSA) is 68.0 Å². The Labute approximate surface area is 110 Å². The second-order valence-corrected chi connectivity index (χ2v) is 4.28. The van der Waals surface area contributed by atoms with Crippen LogP contribution in [0.1, 0.15) is 16.1 Å². The highest BCUT2D eigenvalue weighted by molar-refractivity contribution is 7.04. The van der Waals surface area contributed by atoms with Crippen LogP contribution < -0.4 is 11.1 Å². The third kappa shape index (κ3) is 3.02. The lowest BCUT2D eigenvalue weighted by molar-refractivity contribution is -0.137. The molecule has 0 unspecified atom stereocenters. The third-order valence-electron chi connectivity index (χ3n) is 2.26. The third-order valence-corrected chi connectivity index (χ3v) is 2.91. The predicted molar refractivity (Wildman–Crippen MR) is 65.9 cm³/mol. The van der Waals surface area contributed by atoms with Crippen LogP contribution in [0.15, 0.2) is 29.6 Å². The first-order valence-electron chi connectivity index (χ1n) is 5.06. The van der Waals surface area contributed by atoms with Gasteiger partial charge >= 0.3 is 6.18 Å². The van der Waals surface area contributed by atoms with Gasteiger partial charge in [0.2, 0.25) is 0 Å². The maximum absolute atomic E-state index is 12.5. The molecule has 1 heterocycles. The van der Waals surface area contributed by atoms with Crippen molar-refractivity contribution < 1.29 is 18.0 Å². The van der Waals surface area contributed by atoms with Gasteiger partial charge in [-0.1, -0.05) is 6.07 Å². The second kappa shape index (κ2) is 4.88. The first-order chi connectivity index (χ1) is 8.88. The fraction of sp³-hybridized carbons (Fsp3) is 0.0909. The summed E-state index contributed by atoms with van der Waals surface area (Å²) in [7, 11) is 0. The Morgan fingerprint density at radius 2 is 2.11 bits per heavy atom. The Kier molecular flexibility index (Phi) is 3.43. The molecule has 100 valence electrons. The molecular weight excluding hydrogens is 279 g/mol. The zero-order chi connectivity index (χ0) is 14.0. The minimum Gasteiger partial charge on any atom is -0.396 e. The molecule has 0 aliphatic heterocycles. The smallest absolute Gasteiger partial charge is 0.396 e. The number of nitrogens with two attached hydrogens (primary N) is 1. The Bertz CT molecular complexity index is 609. The maximum atomic E-state index is 12.5. The highest BCUT2D eigenvalue weighted by atomic mass is 32.1. The van der Waals surface area contributed by atoms with E-state index in [2.05, 4.69) is 9.69 Å². The van der Waals surface area contributed by atoms with Gasteiger partial charge in [-0.25, -0.2) is 0 Å². The summed E-state index contributed by atoms with van der Waals surface area (Å²) in [5.74, 6) is -0.641. The molecule has 3 N–H and O–H groups in total. The molecule has 0 saturated heterocycles. The van der Waals surface area contributed by atoms with E-state index < -0.39 is 17.6 Å². The number of nitrogens with zero attached hydrogens (tertiary/aromatic N) is 1. The minimum atomic E-state index is -4.46. The van der Waals surface area contributed by atoms with Crippen LogP contribution in [-0.2, 0) is 6.18 Å². The van der Waals surface area contributed by atoms with Crippen molar-refractivity contribution in [3.8, 4) is 0 Å². The van der Waals surface area contributed by atoms with Gasteiger partial charge in [0.05, 0.1) is 11.3 Å². The lowest BCUT2D eigenvalue weighted by atomic mass is 10.2. The zero-order valence-electron chi connectivity index (χ0n) is 9.36. The van der Waals surface area contributed by atoms with Crippen LogP contribution >= 0.6 is 11.5 Å². The van der Waals surface area contributed by atoms with Gasteiger partial charge in [-0.2, -0.15) is 17.5 Å². The van der Waals surface area contributed by atoms with Crippen LogP contribution in [0, 0.1) is 0 Å². The van der Waals surface area contributed by atoms with Gasteiger partial charge in [0.15, 0.2) is 5.69 Å². The molecule has 19 heavy (non-hydrogen) atoms. The number of hydrogen-bond donors (Lipinski definition) is 2. The zero-order valence-corrected chi connectivity index (χ0v) is 10.2. The number of halogens is 3. The molecule has 2 aromatic rings. The van der Waals surface area contributed by atoms with Gasteiger partial charge in [-0.3, -0.25) is 4.79 Å². The number of nitrogen functional groups attached to an aromatic ring is 1. The summed E-state index contributed by atoms with van der Waals surface area (Å²) >= 11 is 0.997. The quantitative estimate of drug-likeness (QED) is 0.892. The van der Waals surface area contributed by atoms with Crippen LogP contribution in [0.3, 0.4) is 0 Å². The van der Waals surface area contributed by atoms with E-state index in [9.17, 15) is 18.0 Å². The van der Waals surface area contributed by atoms with Crippen molar-refractivity contribution in [2.75, 3.05) is 11.1 Å². The van der Waals surface area contributed by atoms with Gasteiger partial charge in [-0.05, 0) is 29.7 Å². The summed E-state index contributed by atoms with van der Waals surface area (Å²) in [6, 6.07) is 4.34. The summed E-state index contributed by atoms with van der Waals surface area (Å²) < 4.78 is 41.3. The van der Waals surface area contributed by atoms with E-state index in [1.54, 1.807) is 0 Å². The normalized spacial score (nSPS) is 11.3. The standard InChI is InChI=1S/C11H8F3N3OS/c12-11(13,14)6-2-1-3-7(4-6)16-10(18)9-8(15)5-19-17-9/h1-5H,15H2,(H,16,18). The van der Waals surface area contributed by atoms with E-state index in [-0.39, 0.29) is 17.1 Å². The number of rotatable bonds is 2. The number of alkyl halides is 3. The van der Waals surface area contributed by atoms with E-state index in [1.165, 1.54) is 17.5 Å². The first kappa shape index (κ1) is 13.3. The predicted octanol–water partition coefficient (Wildman–Crippen LogP) is 3.00. The molecule has 0 radical (unpaired) electrons. The van der Waals surface area contributed by atoms with Crippen molar-refractivity contribution in [3.63, 3.8) is 0 Å². The average molecular weight is 287 g/mol. The van der Waals surface area contributed by atoms with Crippen molar-refractivity contribution in [3.05, 3.63) is 40.9 Å². The molecular formula is C11H8F3N3OS. The van der Waals surface area contributed by atoms with Crippen LogP contribution in [0.2, 0.25) is 0 Å². The van der Waals surface area contributed by atoms with Crippen LogP contribution in [-0.4, -0.2) is 10.3 Å². The van der Waals surface area contributed by atoms with E-state index in [1.807, 2.05) is 0 Å². The van der Waals surface area contributed by atoms with E-state index in [4.69, 9.17) is 5.73 Å². The molecule has 1 aromatic carbocycles. The summed E-state index contributed by atoms with van der Waals surface area (Å²) in [4.78, 5) is 11.7. The highest BCUT2D eigenvalue weighted by Crippen LogP contribution is 2.30. The Hall–Kier alpha value is -2.09. The van der Waals surface area contributed by atoms with Gasteiger partial charge in [0.25, 0.3) is 5.91 Å². The molecule has 0 atom stereocenters. The molecule has 0 spiro atoms. The van der Waals surface area contributed by atoms with Crippen molar-refractivity contribution in [2.24, 2.45) is 0 Å². The van der Waals surface area contributed by atoms with Crippen LogP contribution in [0.5, 0.6) is 0 Å². The van der Waals surface area contributed by atoms with Crippen molar-refractivity contribution in [1.82, 2.24) is 4.37 Å². The molecule has 1 amide bonds. The number of anilines is 2. The van der Waals surface area contributed by atoms with E-state index in [0.29, 0.717) is 0 Å².